The quantitative estimate of drug-likeness (QED) is 0.672. The molecule has 2 N–H and O–H groups in total. The van der Waals surface area contributed by atoms with Gasteiger partial charge in [0.1, 0.15) is 17.9 Å². The molecule has 0 heterocycles. The Morgan fingerprint density at radius 3 is 2.54 bits per heavy atom. The number of nitriles is 1. The van der Waals surface area contributed by atoms with E-state index >= 15 is 0 Å². The molecule has 140 valence electrons. The lowest BCUT2D eigenvalue weighted by Gasteiger charge is -2.24. The molecule has 0 saturated heterocycles. The molecule has 0 aliphatic carbocycles. The second-order valence-electron chi connectivity index (χ2n) is 5.94. The summed E-state index contributed by atoms with van der Waals surface area (Å²) in [6.07, 6.45) is 0.0818. The van der Waals surface area contributed by atoms with Gasteiger partial charge in [-0.1, -0.05) is 19.1 Å². The summed E-state index contributed by atoms with van der Waals surface area (Å²) in [6.45, 7) is 2.88. The molecule has 7 nitrogen and oxygen atoms in total. The van der Waals surface area contributed by atoms with Gasteiger partial charge in [0.05, 0.1) is 13.2 Å². The lowest BCUT2D eigenvalue weighted by atomic mass is 9.97. The van der Waals surface area contributed by atoms with Crippen molar-refractivity contribution in [3.05, 3.63) is 35.6 Å². The van der Waals surface area contributed by atoms with Crippen molar-refractivity contribution in [1.29, 1.82) is 5.26 Å². The third kappa shape index (κ3) is 6.51. The lowest BCUT2D eigenvalue weighted by molar-refractivity contribution is -0.146. The number of hydrogen-bond acceptors (Lipinski definition) is 5. The molecule has 0 aliphatic heterocycles. The summed E-state index contributed by atoms with van der Waals surface area (Å²) in [7, 11) is 1.18. The third-order valence-electron chi connectivity index (χ3n) is 3.76. The van der Waals surface area contributed by atoms with Crippen molar-refractivity contribution < 1.29 is 23.5 Å². The van der Waals surface area contributed by atoms with Gasteiger partial charge >= 0.3 is 5.97 Å². The van der Waals surface area contributed by atoms with Gasteiger partial charge in [0.2, 0.25) is 11.8 Å². The number of amides is 2. The fourth-order valence-corrected chi connectivity index (χ4v) is 2.43. The Morgan fingerprint density at radius 1 is 1.31 bits per heavy atom. The van der Waals surface area contributed by atoms with Crippen LogP contribution in [-0.4, -0.2) is 37.0 Å². The molecule has 0 bridgehead atoms. The lowest BCUT2D eigenvalue weighted by Crippen LogP contribution is -2.54. The number of carbonyl (C=O) groups excluding carboxylic acids is 3. The molecular weight excluding hydrogens is 341 g/mol. The van der Waals surface area contributed by atoms with Gasteiger partial charge in [0, 0.05) is 25.7 Å². The standard InChI is InChI=1S/C18H22FN3O4/c1-11(7-8-20)16(18(25)26-3)22-17(24)15(21-12(2)23)10-13-5-4-6-14(19)9-13/h4-6,9,11,15-16H,7,10H2,1-3H3,(H,21,23)(H,22,24)/t11-,15-,16+/m1/s1. The minimum Gasteiger partial charge on any atom is -0.467 e. The Kier molecular flexibility index (Phi) is 8.22. The SMILES string of the molecule is COC(=O)[C@@H](NC(=O)[C@@H](Cc1cccc(F)c1)NC(C)=O)[C@H](C)CC#N. The Hall–Kier alpha value is -2.95. The van der Waals surface area contributed by atoms with Gasteiger partial charge in [-0.2, -0.15) is 5.26 Å². The number of halogens is 1. The highest BCUT2D eigenvalue weighted by Gasteiger charge is 2.30. The van der Waals surface area contributed by atoms with Crippen LogP contribution in [0.15, 0.2) is 24.3 Å². The van der Waals surface area contributed by atoms with E-state index in [9.17, 15) is 18.8 Å². The van der Waals surface area contributed by atoms with Crippen molar-refractivity contribution in [2.45, 2.75) is 38.8 Å². The number of nitrogens with zero attached hydrogens (tertiary/aromatic N) is 1. The molecule has 0 fully saturated rings. The number of esters is 1. The molecule has 0 saturated carbocycles. The zero-order chi connectivity index (χ0) is 19.7. The van der Waals surface area contributed by atoms with E-state index < -0.39 is 41.6 Å². The predicted molar refractivity (Wildman–Crippen MR) is 91.0 cm³/mol. The predicted octanol–water partition coefficient (Wildman–Crippen LogP) is 1.08. The Morgan fingerprint density at radius 2 is 2.00 bits per heavy atom. The van der Waals surface area contributed by atoms with Gasteiger partial charge in [-0.3, -0.25) is 9.59 Å². The Labute approximate surface area is 151 Å². The van der Waals surface area contributed by atoms with Crippen LogP contribution in [-0.2, 0) is 25.5 Å². The number of nitrogens with one attached hydrogen (secondary N) is 2. The van der Waals surface area contributed by atoms with E-state index in [0.717, 1.165) is 0 Å². The highest BCUT2D eigenvalue weighted by molar-refractivity contribution is 5.90. The second-order valence-corrected chi connectivity index (χ2v) is 5.94. The summed E-state index contributed by atoms with van der Waals surface area (Å²) in [5.74, 6) is -2.69. The van der Waals surface area contributed by atoms with Crippen LogP contribution in [0.4, 0.5) is 4.39 Å². The summed E-state index contributed by atoms with van der Waals surface area (Å²) in [4.78, 5) is 36.0. The van der Waals surface area contributed by atoms with Crippen LogP contribution in [0.25, 0.3) is 0 Å². The molecule has 26 heavy (non-hydrogen) atoms. The maximum atomic E-state index is 13.4. The van der Waals surface area contributed by atoms with Crippen LogP contribution in [0.2, 0.25) is 0 Å². The average molecular weight is 363 g/mol. The Bertz CT molecular complexity index is 702. The first-order chi connectivity index (χ1) is 12.3. The van der Waals surface area contributed by atoms with Crippen molar-refractivity contribution in [1.82, 2.24) is 10.6 Å². The first-order valence-electron chi connectivity index (χ1n) is 8.05. The highest BCUT2D eigenvalue weighted by atomic mass is 19.1. The summed E-state index contributed by atoms with van der Waals surface area (Å²) in [6, 6.07) is 5.56. The number of ether oxygens (including phenoxy) is 1. The molecule has 1 rings (SSSR count). The van der Waals surface area contributed by atoms with Crippen molar-refractivity contribution >= 4 is 17.8 Å². The van der Waals surface area contributed by atoms with Crippen molar-refractivity contribution in [3.63, 3.8) is 0 Å². The number of benzene rings is 1. The fourth-order valence-electron chi connectivity index (χ4n) is 2.43. The smallest absolute Gasteiger partial charge is 0.328 e. The molecule has 0 aromatic heterocycles. The van der Waals surface area contributed by atoms with Crippen molar-refractivity contribution in [2.75, 3.05) is 7.11 Å². The monoisotopic (exact) mass is 363 g/mol. The molecular formula is C18H22FN3O4. The largest absolute Gasteiger partial charge is 0.467 e. The molecule has 0 radical (unpaired) electrons. The summed E-state index contributed by atoms with van der Waals surface area (Å²) >= 11 is 0. The molecule has 3 atom stereocenters. The van der Waals surface area contributed by atoms with E-state index in [2.05, 4.69) is 15.4 Å². The van der Waals surface area contributed by atoms with E-state index in [1.54, 1.807) is 13.0 Å². The summed E-state index contributed by atoms with van der Waals surface area (Å²) < 4.78 is 18.0. The molecule has 2 amide bonds. The summed E-state index contributed by atoms with van der Waals surface area (Å²) in [5.41, 5.74) is 0.513. The molecule has 8 heteroatoms. The van der Waals surface area contributed by atoms with E-state index in [4.69, 9.17) is 5.26 Å². The van der Waals surface area contributed by atoms with Crippen LogP contribution < -0.4 is 10.6 Å². The molecule has 0 spiro atoms. The van der Waals surface area contributed by atoms with Crippen LogP contribution in [0.5, 0.6) is 0 Å². The van der Waals surface area contributed by atoms with Gasteiger partial charge in [-0.25, -0.2) is 9.18 Å². The molecule has 0 aliphatic rings. The minimum atomic E-state index is -1.03. The van der Waals surface area contributed by atoms with Crippen LogP contribution in [0.3, 0.4) is 0 Å². The molecule has 0 unspecified atom stereocenters. The summed E-state index contributed by atoms with van der Waals surface area (Å²) in [5, 5.41) is 13.8. The number of hydrogen-bond donors (Lipinski definition) is 2. The van der Waals surface area contributed by atoms with Crippen molar-refractivity contribution in [3.8, 4) is 6.07 Å². The Balaban J connectivity index is 2.97. The van der Waals surface area contributed by atoms with Crippen molar-refractivity contribution in [2.24, 2.45) is 5.92 Å². The van der Waals surface area contributed by atoms with Gasteiger partial charge in [-0.15, -0.1) is 0 Å². The minimum absolute atomic E-state index is 0.0365. The van der Waals surface area contributed by atoms with Crippen LogP contribution in [0, 0.1) is 23.1 Å². The molecule has 1 aromatic rings. The van der Waals surface area contributed by atoms with Crippen LogP contribution in [0.1, 0.15) is 25.8 Å². The molecule has 1 aromatic carbocycles. The van der Waals surface area contributed by atoms with Gasteiger partial charge in [0.25, 0.3) is 0 Å². The fraction of sp³-hybridized carbons (Fsp3) is 0.444. The topological polar surface area (TPSA) is 108 Å². The van der Waals surface area contributed by atoms with Gasteiger partial charge < -0.3 is 15.4 Å². The first kappa shape index (κ1) is 21.1. The maximum Gasteiger partial charge on any atom is 0.328 e. The van der Waals surface area contributed by atoms with E-state index in [-0.39, 0.29) is 12.8 Å². The normalized spacial score (nSPS) is 13.7. The van der Waals surface area contributed by atoms with E-state index in [1.165, 1.54) is 32.2 Å². The number of methoxy groups -OCH3 is 1. The van der Waals surface area contributed by atoms with E-state index in [1.807, 2.05) is 6.07 Å². The van der Waals surface area contributed by atoms with E-state index in [0.29, 0.717) is 5.56 Å². The first-order valence-corrected chi connectivity index (χ1v) is 8.05. The second kappa shape index (κ2) is 10.1. The third-order valence-corrected chi connectivity index (χ3v) is 3.76. The zero-order valence-corrected chi connectivity index (χ0v) is 14.9. The number of carbonyl (C=O) groups is 3. The highest BCUT2D eigenvalue weighted by Crippen LogP contribution is 2.11. The maximum absolute atomic E-state index is 13.4. The average Bonchev–Trinajstić information content (AvgIpc) is 2.58. The number of rotatable bonds is 8. The van der Waals surface area contributed by atoms with Gasteiger partial charge in [0.15, 0.2) is 0 Å². The van der Waals surface area contributed by atoms with Gasteiger partial charge in [-0.05, 0) is 17.7 Å². The van der Waals surface area contributed by atoms with Crippen LogP contribution >= 0.6 is 0 Å². The zero-order valence-electron chi connectivity index (χ0n) is 14.9.